The van der Waals surface area contributed by atoms with E-state index in [2.05, 4.69) is 27.3 Å². The maximum absolute atomic E-state index is 13.1. The number of nitrogens with one attached hydrogen (secondary N) is 1. The predicted octanol–water partition coefficient (Wildman–Crippen LogP) is 5.18. The third kappa shape index (κ3) is 4.00. The predicted molar refractivity (Wildman–Crippen MR) is 123 cm³/mol. The zero-order valence-electron chi connectivity index (χ0n) is 16.7. The van der Waals surface area contributed by atoms with Crippen LogP contribution in [-0.4, -0.2) is 24.4 Å². The smallest absolute Gasteiger partial charge is 0.268 e. The SMILES string of the molecule is COc1ccc(Cn2c(C(=O)NCc3ccc4c(c3)OCO4)cc3sc(Br)cc32)cc1. The van der Waals surface area contributed by atoms with Crippen LogP contribution < -0.4 is 19.5 Å². The van der Waals surface area contributed by atoms with Gasteiger partial charge in [0.1, 0.15) is 11.4 Å². The van der Waals surface area contributed by atoms with Gasteiger partial charge >= 0.3 is 0 Å². The number of ether oxygens (including phenoxy) is 3. The summed E-state index contributed by atoms with van der Waals surface area (Å²) in [5.74, 6) is 2.13. The maximum atomic E-state index is 13.1. The van der Waals surface area contributed by atoms with Gasteiger partial charge < -0.3 is 24.1 Å². The number of aromatic nitrogens is 1. The number of amides is 1. The van der Waals surface area contributed by atoms with E-state index in [9.17, 15) is 4.79 Å². The van der Waals surface area contributed by atoms with E-state index in [-0.39, 0.29) is 12.7 Å². The van der Waals surface area contributed by atoms with Crippen molar-refractivity contribution >= 4 is 43.4 Å². The molecule has 0 fully saturated rings. The van der Waals surface area contributed by atoms with Gasteiger partial charge in [0.2, 0.25) is 6.79 Å². The molecule has 0 radical (unpaired) electrons. The zero-order valence-corrected chi connectivity index (χ0v) is 19.1. The second-order valence-electron chi connectivity index (χ2n) is 7.13. The number of halogens is 1. The molecule has 2 aromatic carbocycles. The quantitative estimate of drug-likeness (QED) is 0.397. The van der Waals surface area contributed by atoms with Crippen molar-refractivity contribution in [2.75, 3.05) is 13.9 Å². The van der Waals surface area contributed by atoms with Gasteiger partial charge in [-0.05, 0) is 63.5 Å². The molecule has 0 bridgehead atoms. The number of benzene rings is 2. The van der Waals surface area contributed by atoms with Crippen LogP contribution in [0.15, 0.2) is 58.4 Å². The lowest BCUT2D eigenvalue weighted by atomic mass is 10.2. The van der Waals surface area contributed by atoms with Crippen LogP contribution in [0.1, 0.15) is 21.6 Å². The van der Waals surface area contributed by atoms with E-state index in [4.69, 9.17) is 14.2 Å². The van der Waals surface area contributed by atoms with Crippen LogP contribution in [-0.2, 0) is 13.1 Å². The lowest BCUT2D eigenvalue weighted by Crippen LogP contribution is -2.25. The van der Waals surface area contributed by atoms with Crippen LogP contribution in [0, 0.1) is 0 Å². The molecular formula is C23H19BrN2O4S. The topological polar surface area (TPSA) is 61.7 Å². The summed E-state index contributed by atoms with van der Waals surface area (Å²) in [6.07, 6.45) is 0. The number of nitrogens with zero attached hydrogens (tertiary/aromatic N) is 1. The van der Waals surface area contributed by atoms with Gasteiger partial charge in [-0.25, -0.2) is 0 Å². The molecule has 0 atom stereocenters. The van der Waals surface area contributed by atoms with Crippen LogP contribution in [0.5, 0.6) is 17.2 Å². The van der Waals surface area contributed by atoms with Crippen molar-refractivity contribution in [3.05, 3.63) is 75.2 Å². The molecule has 1 aliphatic heterocycles. The van der Waals surface area contributed by atoms with Gasteiger partial charge in [-0.2, -0.15) is 0 Å². The molecule has 3 heterocycles. The van der Waals surface area contributed by atoms with Crippen molar-refractivity contribution in [1.82, 2.24) is 9.88 Å². The Labute approximate surface area is 191 Å². The largest absolute Gasteiger partial charge is 0.497 e. The molecule has 158 valence electrons. The molecule has 0 aliphatic carbocycles. The third-order valence-corrected chi connectivity index (χ3v) is 6.76. The first-order valence-corrected chi connectivity index (χ1v) is 11.3. The van der Waals surface area contributed by atoms with Gasteiger partial charge in [0.15, 0.2) is 11.5 Å². The summed E-state index contributed by atoms with van der Waals surface area (Å²) in [7, 11) is 1.65. The minimum Gasteiger partial charge on any atom is -0.497 e. The van der Waals surface area contributed by atoms with Gasteiger partial charge in [0.05, 0.1) is 21.1 Å². The van der Waals surface area contributed by atoms with Crippen LogP contribution in [0.25, 0.3) is 10.2 Å². The second-order valence-corrected chi connectivity index (χ2v) is 9.60. The molecule has 8 heteroatoms. The molecule has 0 saturated heterocycles. The first-order chi connectivity index (χ1) is 15.1. The minimum absolute atomic E-state index is 0.120. The van der Waals surface area contributed by atoms with E-state index in [1.807, 2.05) is 53.1 Å². The molecule has 1 amide bonds. The highest BCUT2D eigenvalue weighted by molar-refractivity contribution is 9.11. The number of hydrogen-bond donors (Lipinski definition) is 1. The van der Waals surface area contributed by atoms with Crippen LogP contribution in [0.3, 0.4) is 0 Å². The van der Waals surface area contributed by atoms with Gasteiger partial charge in [-0.1, -0.05) is 18.2 Å². The Morgan fingerprint density at radius 1 is 1.10 bits per heavy atom. The van der Waals surface area contributed by atoms with Crippen LogP contribution >= 0.6 is 27.3 Å². The molecule has 0 saturated carbocycles. The molecule has 2 aromatic heterocycles. The summed E-state index contributed by atoms with van der Waals surface area (Å²) in [4.78, 5) is 13.1. The molecule has 1 N–H and O–H groups in total. The molecule has 31 heavy (non-hydrogen) atoms. The standard InChI is InChI=1S/C23H19BrN2O4S/c1-28-16-5-2-14(3-6-16)12-26-17-10-22(24)31-21(17)9-18(26)23(27)25-11-15-4-7-19-20(8-15)30-13-29-19/h2-10H,11-13H2,1H3,(H,25,27). The van der Waals surface area contributed by atoms with E-state index < -0.39 is 0 Å². The fraction of sp³-hybridized carbons (Fsp3) is 0.174. The number of carbonyl (C=O) groups excluding carboxylic acids is 1. The minimum atomic E-state index is -0.120. The highest BCUT2D eigenvalue weighted by Crippen LogP contribution is 2.34. The lowest BCUT2D eigenvalue weighted by molar-refractivity contribution is 0.0942. The van der Waals surface area contributed by atoms with E-state index in [0.29, 0.717) is 24.5 Å². The average molecular weight is 499 g/mol. The van der Waals surface area contributed by atoms with Crippen molar-refractivity contribution < 1.29 is 19.0 Å². The van der Waals surface area contributed by atoms with Gasteiger partial charge in [0.25, 0.3) is 5.91 Å². The fourth-order valence-electron chi connectivity index (χ4n) is 3.61. The van der Waals surface area contributed by atoms with Crippen LogP contribution in [0.2, 0.25) is 0 Å². The van der Waals surface area contributed by atoms with E-state index in [1.165, 1.54) is 0 Å². The molecule has 1 aliphatic rings. The van der Waals surface area contributed by atoms with Crippen molar-refractivity contribution in [2.24, 2.45) is 0 Å². The molecule has 5 rings (SSSR count). The van der Waals surface area contributed by atoms with Gasteiger partial charge in [-0.15, -0.1) is 11.3 Å². The number of fused-ring (bicyclic) bond motifs is 2. The summed E-state index contributed by atoms with van der Waals surface area (Å²) in [6.45, 7) is 1.22. The number of thiophene rings is 1. The normalized spacial score (nSPS) is 12.3. The third-order valence-electron chi connectivity index (χ3n) is 5.18. The first-order valence-electron chi connectivity index (χ1n) is 9.69. The van der Waals surface area contributed by atoms with Crippen LogP contribution in [0.4, 0.5) is 0 Å². The number of hydrogen-bond acceptors (Lipinski definition) is 5. The van der Waals surface area contributed by atoms with Crippen molar-refractivity contribution in [1.29, 1.82) is 0 Å². The van der Waals surface area contributed by atoms with Gasteiger partial charge in [0, 0.05) is 13.1 Å². The summed E-state index contributed by atoms with van der Waals surface area (Å²) in [5.41, 5.74) is 3.70. The Bertz CT molecular complexity index is 1260. The summed E-state index contributed by atoms with van der Waals surface area (Å²) in [5, 5.41) is 3.03. The monoisotopic (exact) mass is 498 g/mol. The fourth-order valence-corrected chi connectivity index (χ4v) is 5.17. The highest BCUT2D eigenvalue weighted by atomic mass is 79.9. The molecular weight excluding hydrogens is 480 g/mol. The van der Waals surface area contributed by atoms with E-state index in [1.54, 1.807) is 18.4 Å². The van der Waals surface area contributed by atoms with E-state index in [0.717, 1.165) is 36.6 Å². The first kappa shape index (κ1) is 20.0. The second kappa shape index (κ2) is 8.28. The average Bonchev–Trinajstić information content (AvgIpc) is 3.47. The molecule has 0 spiro atoms. The Kier molecular flexibility index (Phi) is 5.33. The Hall–Kier alpha value is -2.97. The summed E-state index contributed by atoms with van der Waals surface area (Å²) in [6, 6.07) is 17.6. The molecule has 4 aromatic rings. The lowest BCUT2D eigenvalue weighted by Gasteiger charge is -2.12. The Morgan fingerprint density at radius 2 is 1.87 bits per heavy atom. The van der Waals surface area contributed by atoms with Gasteiger partial charge in [-0.3, -0.25) is 4.79 Å². The Morgan fingerprint density at radius 3 is 2.68 bits per heavy atom. The number of carbonyl (C=O) groups is 1. The molecule has 0 unspecified atom stereocenters. The summed E-state index contributed by atoms with van der Waals surface area (Å²) >= 11 is 5.17. The summed E-state index contributed by atoms with van der Waals surface area (Å²) < 4.78 is 20.2. The Balaban J connectivity index is 1.39. The van der Waals surface area contributed by atoms with E-state index >= 15 is 0 Å². The maximum Gasteiger partial charge on any atom is 0.268 e. The molecule has 6 nitrogen and oxygen atoms in total. The number of methoxy groups -OCH3 is 1. The highest BCUT2D eigenvalue weighted by Gasteiger charge is 2.19. The van der Waals surface area contributed by atoms with Crippen molar-refractivity contribution in [2.45, 2.75) is 13.1 Å². The van der Waals surface area contributed by atoms with Crippen molar-refractivity contribution in [3.8, 4) is 17.2 Å². The number of rotatable bonds is 6. The zero-order chi connectivity index (χ0) is 21.4. The van der Waals surface area contributed by atoms with Crippen molar-refractivity contribution in [3.63, 3.8) is 0 Å².